The van der Waals surface area contributed by atoms with E-state index in [-0.39, 0.29) is 0 Å². The van der Waals surface area contributed by atoms with Crippen LogP contribution in [0.15, 0.2) is 11.1 Å². The summed E-state index contributed by atoms with van der Waals surface area (Å²) in [4.78, 5) is 2.54. The summed E-state index contributed by atoms with van der Waals surface area (Å²) in [5.41, 5.74) is 0.945. The van der Waals surface area contributed by atoms with E-state index in [2.05, 4.69) is 17.0 Å². The fraction of sp³-hybridized carbons (Fsp3) is 0.857. The van der Waals surface area contributed by atoms with Crippen LogP contribution in [0, 0.1) is 17.8 Å². The van der Waals surface area contributed by atoms with Gasteiger partial charge in [-0.05, 0) is 63.3 Å². The minimum absolute atomic E-state index is 0.368. The molecule has 2 saturated heterocycles. The molecule has 2 aliphatic heterocycles. The molecular weight excluding hydrogens is 388 g/mol. The fourth-order valence-corrected chi connectivity index (χ4v) is 7.37. The van der Waals surface area contributed by atoms with E-state index in [4.69, 9.17) is 4.74 Å². The molecule has 2 aliphatic carbocycles. The van der Waals surface area contributed by atoms with Gasteiger partial charge >= 0.3 is 0 Å². The second-order valence-corrected chi connectivity index (χ2v) is 11.7. The molecule has 1 aromatic rings. The zero-order valence-electron chi connectivity index (χ0n) is 17.7. The van der Waals surface area contributed by atoms with Crippen molar-refractivity contribution in [2.75, 3.05) is 39.9 Å². The van der Waals surface area contributed by atoms with E-state index in [0.717, 1.165) is 57.1 Å². The molecule has 0 N–H and O–H groups in total. The largest absolute Gasteiger partial charge is 0.381 e. The predicted molar refractivity (Wildman–Crippen MR) is 110 cm³/mol. The van der Waals surface area contributed by atoms with Crippen LogP contribution in [-0.2, 0) is 21.8 Å². The van der Waals surface area contributed by atoms with Crippen molar-refractivity contribution in [2.24, 2.45) is 24.8 Å². The lowest BCUT2D eigenvalue weighted by molar-refractivity contribution is 0.0500. The van der Waals surface area contributed by atoms with Crippen LogP contribution in [0.25, 0.3) is 0 Å². The highest BCUT2D eigenvalue weighted by molar-refractivity contribution is 7.89. The van der Waals surface area contributed by atoms with Gasteiger partial charge in [0.05, 0.1) is 5.69 Å². The molecule has 0 amide bonds. The summed E-state index contributed by atoms with van der Waals surface area (Å²) in [6.45, 7) is 4.28. The first kappa shape index (κ1) is 20.0. The minimum Gasteiger partial charge on any atom is -0.381 e. The third-order valence-electron chi connectivity index (χ3n) is 7.66. The molecule has 2 atom stereocenters. The first-order chi connectivity index (χ1) is 13.9. The summed E-state index contributed by atoms with van der Waals surface area (Å²) in [6, 6.07) is 2.40. The number of ether oxygens (including phenoxy) is 1. The van der Waals surface area contributed by atoms with E-state index in [0.29, 0.717) is 41.9 Å². The second kappa shape index (κ2) is 7.62. The van der Waals surface area contributed by atoms with Crippen molar-refractivity contribution in [1.29, 1.82) is 0 Å². The van der Waals surface area contributed by atoms with Gasteiger partial charge in [0.25, 0.3) is 10.0 Å². The maximum atomic E-state index is 13.3. The fourth-order valence-electron chi connectivity index (χ4n) is 5.69. The number of nitrogens with zero attached hydrogens (tertiary/aromatic N) is 4. The number of rotatable bonds is 6. The summed E-state index contributed by atoms with van der Waals surface area (Å²) in [5.74, 6) is 2.19. The number of aryl methyl sites for hydroxylation is 1. The Morgan fingerprint density at radius 2 is 1.79 bits per heavy atom. The Kier molecular flexibility index (Phi) is 5.25. The molecule has 4 fully saturated rings. The van der Waals surface area contributed by atoms with E-state index in [9.17, 15) is 8.42 Å². The molecule has 0 bridgehead atoms. The number of sulfonamides is 1. The van der Waals surface area contributed by atoms with Gasteiger partial charge in [0.15, 0.2) is 5.03 Å². The zero-order valence-corrected chi connectivity index (χ0v) is 18.5. The Labute approximate surface area is 174 Å². The lowest BCUT2D eigenvalue weighted by Crippen LogP contribution is -2.38. The summed E-state index contributed by atoms with van der Waals surface area (Å²) in [5, 5.41) is 4.84. The summed E-state index contributed by atoms with van der Waals surface area (Å²) < 4.78 is 35.3. The third-order valence-corrected chi connectivity index (χ3v) is 9.55. The highest BCUT2D eigenvalue weighted by Crippen LogP contribution is 2.43. The molecule has 0 radical (unpaired) electrons. The Morgan fingerprint density at radius 3 is 2.41 bits per heavy atom. The average molecular weight is 423 g/mol. The molecule has 29 heavy (non-hydrogen) atoms. The number of fused-ring (bicyclic) bond motifs is 1. The normalized spacial score (nSPS) is 31.6. The molecule has 162 valence electrons. The van der Waals surface area contributed by atoms with Crippen molar-refractivity contribution in [2.45, 2.75) is 55.5 Å². The quantitative estimate of drug-likeness (QED) is 0.702. The van der Waals surface area contributed by atoms with Crippen molar-refractivity contribution in [1.82, 2.24) is 19.0 Å². The van der Waals surface area contributed by atoms with Gasteiger partial charge in [0.2, 0.25) is 0 Å². The van der Waals surface area contributed by atoms with Crippen LogP contribution in [0.3, 0.4) is 0 Å². The van der Waals surface area contributed by atoms with E-state index < -0.39 is 10.0 Å². The van der Waals surface area contributed by atoms with E-state index in [1.54, 1.807) is 16.0 Å². The van der Waals surface area contributed by atoms with E-state index >= 15 is 0 Å². The molecule has 3 heterocycles. The maximum absolute atomic E-state index is 13.3. The van der Waals surface area contributed by atoms with Crippen LogP contribution >= 0.6 is 0 Å². The second-order valence-electron chi connectivity index (χ2n) is 9.77. The SMILES string of the molecule is CN(CC1CCOCC1)C1CC2CN(S(=O)(=O)c3cc(C4CC4)nn3C)CC2C1. The molecule has 2 saturated carbocycles. The van der Waals surface area contributed by atoms with Crippen LogP contribution in [0.2, 0.25) is 0 Å². The molecular formula is C21H34N4O3S. The van der Waals surface area contributed by atoms with Crippen LogP contribution < -0.4 is 0 Å². The Hall–Kier alpha value is -0.960. The van der Waals surface area contributed by atoms with Gasteiger partial charge in [0.1, 0.15) is 0 Å². The predicted octanol–water partition coefficient (Wildman–Crippen LogP) is 2.05. The molecule has 8 heteroatoms. The van der Waals surface area contributed by atoms with Gasteiger partial charge in [0, 0.05) is 57.9 Å². The van der Waals surface area contributed by atoms with Gasteiger partial charge in [-0.25, -0.2) is 8.42 Å². The van der Waals surface area contributed by atoms with Crippen molar-refractivity contribution in [3.8, 4) is 0 Å². The molecule has 4 aliphatic rings. The van der Waals surface area contributed by atoms with Crippen LogP contribution in [0.1, 0.15) is 50.1 Å². The highest BCUT2D eigenvalue weighted by atomic mass is 32.2. The third kappa shape index (κ3) is 3.89. The molecule has 0 aromatic carbocycles. The van der Waals surface area contributed by atoms with Crippen molar-refractivity contribution in [3.05, 3.63) is 11.8 Å². The lowest BCUT2D eigenvalue weighted by Gasteiger charge is -2.31. The molecule has 0 spiro atoms. The van der Waals surface area contributed by atoms with Crippen LogP contribution in [-0.4, -0.2) is 73.3 Å². The topological polar surface area (TPSA) is 67.7 Å². The van der Waals surface area contributed by atoms with Crippen molar-refractivity contribution >= 4 is 10.0 Å². The van der Waals surface area contributed by atoms with Crippen molar-refractivity contribution in [3.63, 3.8) is 0 Å². The van der Waals surface area contributed by atoms with Gasteiger partial charge in [-0.1, -0.05) is 0 Å². The van der Waals surface area contributed by atoms with Crippen molar-refractivity contribution < 1.29 is 13.2 Å². The van der Waals surface area contributed by atoms with Gasteiger partial charge in [-0.15, -0.1) is 0 Å². The molecule has 1 aromatic heterocycles. The van der Waals surface area contributed by atoms with Gasteiger partial charge in [-0.2, -0.15) is 9.40 Å². The standard InChI is InChI=1S/C21H34N4O3S/c1-23(12-15-5-7-28-8-6-15)19-9-17-13-25(14-18(17)10-19)29(26,27)21-11-20(16-3-4-16)22-24(21)2/h11,15-19H,3-10,12-14H2,1-2H3. The lowest BCUT2D eigenvalue weighted by atomic mass is 9.99. The summed E-state index contributed by atoms with van der Waals surface area (Å²) in [6.07, 6.45) is 6.84. The van der Waals surface area contributed by atoms with E-state index in [1.807, 2.05) is 6.07 Å². The summed E-state index contributed by atoms with van der Waals surface area (Å²) in [7, 11) is 0.565. The number of hydrogen-bond donors (Lipinski definition) is 0. The Bertz CT molecular complexity index is 830. The van der Waals surface area contributed by atoms with Crippen LogP contribution in [0.5, 0.6) is 0 Å². The first-order valence-electron chi connectivity index (χ1n) is 11.2. The van der Waals surface area contributed by atoms with E-state index in [1.165, 1.54) is 12.8 Å². The van der Waals surface area contributed by atoms with Crippen LogP contribution in [0.4, 0.5) is 0 Å². The molecule has 7 nitrogen and oxygen atoms in total. The minimum atomic E-state index is -3.45. The van der Waals surface area contributed by atoms with Gasteiger partial charge < -0.3 is 9.64 Å². The Morgan fingerprint density at radius 1 is 1.14 bits per heavy atom. The Balaban J connectivity index is 1.20. The molecule has 5 rings (SSSR count). The van der Waals surface area contributed by atoms with Gasteiger partial charge in [-0.3, -0.25) is 4.68 Å². The monoisotopic (exact) mass is 422 g/mol. The smallest absolute Gasteiger partial charge is 0.260 e. The highest BCUT2D eigenvalue weighted by Gasteiger charge is 2.46. The first-order valence-corrected chi connectivity index (χ1v) is 12.7. The number of hydrogen-bond acceptors (Lipinski definition) is 5. The summed E-state index contributed by atoms with van der Waals surface area (Å²) >= 11 is 0. The number of aromatic nitrogens is 2. The average Bonchev–Trinajstić information content (AvgIpc) is 3.15. The zero-order chi connectivity index (χ0) is 20.2. The maximum Gasteiger partial charge on any atom is 0.260 e. The molecule has 2 unspecified atom stereocenters.